The van der Waals surface area contributed by atoms with Gasteiger partial charge in [0.25, 0.3) is 5.91 Å². The topological polar surface area (TPSA) is 84.5 Å². The van der Waals surface area contributed by atoms with Gasteiger partial charge in [-0.2, -0.15) is 0 Å². The van der Waals surface area contributed by atoms with Crippen LogP contribution in [0.25, 0.3) is 10.1 Å². The molecule has 0 saturated heterocycles. The van der Waals surface area contributed by atoms with E-state index in [1.807, 2.05) is 0 Å². The van der Waals surface area contributed by atoms with Gasteiger partial charge in [0.1, 0.15) is 10.7 Å². The summed E-state index contributed by atoms with van der Waals surface area (Å²) in [5.74, 6) is -4.84. The molecule has 2 N–H and O–H groups in total. The Labute approximate surface area is 172 Å². The van der Waals surface area contributed by atoms with Crippen LogP contribution in [0.15, 0.2) is 36.4 Å². The van der Waals surface area contributed by atoms with Crippen molar-refractivity contribution < 1.29 is 32.3 Å². The molecule has 3 rings (SSSR count). The Morgan fingerprint density at radius 3 is 2.47 bits per heavy atom. The molecule has 2 aromatic carbocycles. The smallest absolute Gasteiger partial charge is 0.349 e. The molecule has 10 heteroatoms. The van der Waals surface area contributed by atoms with Crippen LogP contribution in [-0.4, -0.2) is 30.9 Å². The van der Waals surface area contributed by atoms with Crippen LogP contribution in [0.1, 0.15) is 15.2 Å². The summed E-state index contributed by atoms with van der Waals surface area (Å²) in [5.41, 5.74) is 0.441. The van der Waals surface area contributed by atoms with Crippen LogP contribution in [0.3, 0.4) is 0 Å². The van der Waals surface area contributed by atoms with Crippen LogP contribution in [0.4, 0.5) is 18.9 Å². The van der Waals surface area contributed by atoms with Gasteiger partial charge in [0.15, 0.2) is 18.2 Å². The van der Waals surface area contributed by atoms with Crippen molar-refractivity contribution in [2.45, 2.75) is 6.92 Å². The van der Waals surface area contributed by atoms with Gasteiger partial charge in [-0.05, 0) is 36.8 Å². The number of benzene rings is 2. The van der Waals surface area contributed by atoms with Crippen molar-refractivity contribution in [1.82, 2.24) is 5.32 Å². The van der Waals surface area contributed by atoms with Crippen LogP contribution in [0.5, 0.6) is 0 Å². The Morgan fingerprint density at radius 1 is 1.00 bits per heavy atom. The highest BCUT2D eigenvalue weighted by atomic mass is 32.1. The minimum atomic E-state index is -1.12. The minimum Gasteiger partial charge on any atom is -0.451 e. The number of hydrogen-bond acceptors (Lipinski definition) is 5. The normalized spacial score (nSPS) is 10.7. The first kappa shape index (κ1) is 21.3. The Balaban J connectivity index is 1.50. The van der Waals surface area contributed by atoms with E-state index in [1.54, 1.807) is 13.0 Å². The van der Waals surface area contributed by atoms with Gasteiger partial charge >= 0.3 is 5.97 Å². The van der Waals surface area contributed by atoms with Gasteiger partial charge in [-0.1, -0.05) is 6.07 Å². The van der Waals surface area contributed by atoms with Crippen LogP contribution >= 0.6 is 11.3 Å². The zero-order valence-corrected chi connectivity index (χ0v) is 16.4. The van der Waals surface area contributed by atoms with Gasteiger partial charge in [-0.3, -0.25) is 9.59 Å². The van der Waals surface area contributed by atoms with Crippen molar-refractivity contribution in [2.24, 2.45) is 0 Å². The molecule has 156 valence electrons. The second-order valence-corrected chi connectivity index (χ2v) is 7.25. The zero-order chi connectivity index (χ0) is 21.8. The number of nitrogens with one attached hydrogen (secondary N) is 2. The third-order valence-electron chi connectivity index (χ3n) is 4.07. The fourth-order valence-electron chi connectivity index (χ4n) is 2.65. The predicted molar refractivity (Wildman–Crippen MR) is 105 cm³/mol. The number of carbonyl (C=O) groups is 3. The van der Waals surface area contributed by atoms with Crippen LogP contribution in [0, 0.1) is 24.4 Å². The number of fused-ring (bicyclic) bond motifs is 1. The molecule has 0 bridgehead atoms. The number of hydrogen-bond donors (Lipinski definition) is 2. The molecule has 0 radical (unpaired) electrons. The Morgan fingerprint density at radius 2 is 1.77 bits per heavy atom. The van der Waals surface area contributed by atoms with E-state index in [4.69, 9.17) is 4.74 Å². The summed E-state index contributed by atoms with van der Waals surface area (Å²) in [4.78, 5) is 36.0. The molecule has 2 amide bonds. The molecule has 0 aliphatic heterocycles. The Hall–Kier alpha value is -3.40. The second-order valence-electron chi connectivity index (χ2n) is 6.20. The fourth-order valence-corrected chi connectivity index (χ4v) is 3.77. The molecule has 1 heterocycles. The van der Waals surface area contributed by atoms with E-state index in [9.17, 15) is 27.6 Å². The highest BCUT2D eigenvalue weighted by molar-refractivity contribution is 7.21. The molecular weight excluding hydrogens is 421 g/mol. The zero-order valence-electron chi connectivity index (χ0n) is 15.6. The molecule has 6 nitrogen and oxygen atoms in total. The van der Waals surface area contributed by atoms with Crippen molar-refractivity contribution >= 4 is 44.9 Å². The van der Waals surface area contributed by atoms with Gasteiger partial charge in [-0.15, -0.1) is 11.3 Å². The Bertz CT molecular complexity index is 1150. The van der Waals surface area contributed by atoms with Crippen molar-refractivity contribution in [3.05, 3.63) is 64.3 Å². The molecule has 0 atom stereocenters. The van der Waals surface area contributed by atoms with Crippen LogP contribution in [-0.2, 0) is 14.3 Å². The van der Waals surface area contributed by atoms with Crippen molar-refractivity contribution in [3.63, 3.8) is 0 Å². The van der Waals surface area contributed by atoms with E-state index >= 15 is 0 Å². The largest absolute Gasteiger partial charge is 0.451 e. The number of aryl methyl sites for hydroxylation is 1. The first-order chi connectivity index (χ1) is 14.3. The molecule has 0 saturated carbocycles. The number of rotatable bonds is 6. The molecule has 0 spiro atoms. The maximum atomic E-state index is 13.9. The molecular formula is C20H15F3N2O4S. The van der Waals surface area contributed by atoms with Gasteiger partial charge < -0.3 is 15.4 Å². The van der Waals surface area contributed by atoms with Crippen molar-refractivity contribution in [3.8, 4) is 0 Å². The average Bonchev–Trinajstić information content (AvgIpc) is 3.05. The molecule has 1 aromatic heterocycles. The summed E-state index contributed by atoms with van der Waals surface area (Å²) >= 11 is 1.05. The average molecular weight is 436 g/mol. The minimum absolute atomic E-state index is 0.0204. The maximum Gasteiger partial charge on any atom is 0.349 e. The number of anilines is 1. The number of thiophene rings is 1. The molecule has 0 aliphatic carbocycles. The quantitative estimate of drug-likeness (QED) is 0.579. The maximum absolute atomic E-state index is 13.9. The number of halogens is 3. The summed E-state index contributed by atoms with van der Waals surface area (Å²) in [6.45, 7) is 0.469. The number of amides is 2. The van der Waals surface area contributed by atoms with Crippen molar-refractivity contribution in [1.29, 1.82) is 0 Å². The standard InChI is InChI=1S/C20H15F3N2O4S/c1-10-18-13(22)3-2-4-15(18)30-19(10)20(28)29-9-17(27)24-8-16(26)25-11-5-6-12(21)14(23)7-11/h2-7H,8-9H2,1H3,(H,24,27)(H,25,26). The number of carbonyl (C=O) groups excluding carboxylic acids is 3. The Kier molecular flexibility index (Phi) is 6.36. The monoisotopic (exact) mass is 436 g/mol. The lowest BCUT2D eigenvalue weighted by atomic mass is 10.1. The van der Waals surface area contributed by atoms with Crippen LogP contribution < -0.4 is 10.6 Å². The van der Waals surface area contributed by atoms with Gasteiger partial charge in [0, 0.05) is 21.8 Å². The lowest BCUT2D eigenvalue weighted by Crippen LogP contribution is -2.35. The fraction of sp³-hybridized carbons (Fsp3) is 0.150. The van der Waals surface area contributed by atoms with E-state index in [1.165, 1.54) is 12.1 Å². The first-order valence-corrected chi connectivity index (χ1v) is 9.44. The van der Waals surface area contributed by atoms with Gasteiger partial charge in [-0.25, -0.2) is 18.0 Å². The van der Waals surface area contributed by atoms with E-state index in [-0.39, 0.29) is 10.6 Å². The second kappa shape index (κ2) is 8.95. The first-order valence-electron chi connectivity index (χ1n) is 8.62. The highest BCUT2D eigenvalue weighted by Gasteiger charge is 2.20. The van der Waals surface area contributed by atoms with Gasteiger partial charge in [0.2, 0.25) is 5.91 Å². The summed E-state index contributed by atoms with van der Waals surface area (Å²) in [6, 6.07) is 7.30. The molecule has 0 fully saturated rings. The molecule has 0 unspecified atom stereocenters. The number of ether oxygens (including phenoxy) is 1. The molecule has 0 aliphatic rings. The number of esters is 1. The van der Waals surface area contributed by atoms with Crippen molar-refractivity contribution in [2.75, 3.05) is 18.5 Å². The summed E-state index contributed by atoms with van der Waals surface area (Å²) in [5, 5.41) is 4.84. The van der Waals surface area contributed by atoms with Crippen LogP contribution in [0.2, 0.25) is 0 Å². The van der Waals surface area contributed by atoms with E-state index in [0.717, 1.165) is 29.5 Å². The third kappa shape index (κ3) is 4.77. The van der Waals surface area contributed by atoms with Gasteiger partial charge in [0.05, 0.1) is 6.54 Å². The SMILES string of the molecule is Cc1c(C(=O)OCC(=O)NCC(=O)Nc2ccc(F)c(F)c2)sc2cccc(F)c12. The molecule has 30 heavy (non-hydrogen) atoms. The lowest BCUT2D eigenvalue weighted by Gasteiger charge is -2.08. The third-order valence-corrected chi connectivity index (χ3v) is 5.31. The highest BCUT2D eigenvalue weighted by Crippen LogP contribution is 2.32. The summed E-state index contributed by atoms with van der Waals surface area (Å²) in [6.07, 6.45) is 0. The predicted octanol–water partition coefficient (Wildman–Crippen LogP) is 3.54. The summed E-state index contributed by atoms with van der Waals surface area (Å²) in [7, 11) is 0. The van der Waals surface area contributed by atoms with E-state index in [0.29, 0.717) is 15.6 Å². The van der Waals surface area contributed by atoms with E-state index < -0.39 is 48.4 Å². The summed E-state index contributed by atoms with van der Waals surface area (Å²) < 4.78 is 45.4. The lowest BCUT2D eigenvalue weighted by molar-refractivity contribution is -0.126. The molecule has 3 aromatic rings. The van der Waals surface area contributed by atoms with E-state index in [2.05, 4.69) is 10.6 Å².